The van der Waals surface area contributed by atoms with Gasteiger partial charge in [-0.05, 0) is 14.0 Å². The van der Waals surface area contributed by atoms with E-state index < -0.39 is 12.7 Å². The molecule has 0 amide bonds. The van der Waals surface area contributed by atoms with Crippen molar-refractivity contribution in [3.8, 4) is 0 Å². The van der Waals surface area contributed by atoms with Gasteiger partial charge in [0.15, 0.2) is 5.13 Å². The van der Waals surface area contributed by atoms with E-state index in [1.54, 1.807) is 19.4 Å². The first-order valence-electron chi connectivity index (χ1n) is 4.87. The van der Waals surface area contributed by atoms with Crippen LogP contribution in [-0.2, 0) is 6.54 Å². The van der Waals surface area contributed by atoms with Crippen LogP contribution in [0.25, 0.3) is 0 Å². The standard InChI is InChI=1S/C9H14F3N3S/c1-3-15(6-9(10,11)12)8-14-7(4-13-2)5-16-8/h5,13H,3-4,6H2,1-2H3. The number of hydrogen-bond donors (Lipinski definition) is 1. The summed E-state index contributed by atoms with van der Waals surface area (Å²) in [5.41, 5.74) is 0.767. The summed E-state index contributed by atoms with van der Waals surface area (Å²) in [6.07, 6.45) is -4.19. The Hall–Kier alpha value is -0.820. The van der Waals surface area contributed by atoms with Gasteiger partial charge in [0.25, 0.3) is 0 Å². The Balaban J connectivity index is 2.71. The first kappa shape index (κ1) is 13.2. The molecule has 0 atom stereocenters. The molecule has 1 heterocycles. The second-order valence-electron chi connectivity index (χ2n) is 3.28. The molecular weight excluding hydrogens is 239 g/mol. The van der Waals surface area contributed by atoms with E-state index in [1.165, 1.54) is 16.2 Å². The molecule has 16 heavy (non-hydrogen) atoms. The van der Waals surface area contributed by atoms with E-state index in [2.05, 4.69) is 10.3 Å². The molecule has 0 spiro atoms. The SMILES string of the molecule is CCN(CC(F)(F)F)c1nc(CNC)cs1. The van der Waals surface area contributed by atoms with Gasteiger partial charge in [-0.1, -0.05) is 0 Å². The molecule has 0 aliphatic rings. The van der Waals surface area contributed by atoms with E-state index in [4.69, 9.17) is 0 Å². The number of anilines is 1. The molecule has 0 aliphatic heterocycles. The lowest BCUT2D eigenvalue weighted by Gasteiger charge is -2.21. The molecule has 1 aromatic rings. The lowest BCUT2D eigenvalue weighted by atomic mass is 10.5. The summed E-state index contributed by atoms with van der Waals surface area (Å²) in [5.74, 6) is 0. The van der Waals surface area contributed by atoms with E-state index in [9.17, 15) is 13.2 Å². The van der Waals surface area contributed by atoms with E-state index in [1.807, 2.05) is 0 Å². The summed E-state index contributed by atoms with van der Waals surface area (Å²) in [5, 5.41) is 5.10. The van der Waals surface area contributed by atoms with Crippen LogP contribution in [0.5, 0.6) is 0 Å². The molecule has 1 aromatic heterocycles. The first-order valence-corrected chi connectivity index (χ1v) is 5.75. The molecule has 0 aliphatic carbocycles. The van der Waals surface area contributed by atoms with Crippen LogP contribution in [0.2, 0.25) is 0 Å². The average Bonchev–Trinajstić information content (AvgIpc) is 2.62. The van der Waals surface area contributed by atoms with Crippen molar-refractivity contribution in [3.05, 3.63) is 11.1 Å². The first-order chi connectivity index (χ1) is 7.46. The van der Waals surface area contributed by atoms with Crippen LogP contribution in [0.1, 0.15) is 12.6 Å². The molecule has 3 nitrogen and oxygen atoms in total. The molecule has 0 aromatic carbocycles. The Morgan fingerprint density at radius 3 is 2.69 bits per heavy atom. The van der Waals surface area contributed by atoms with Crippen LogP contribution >= 0.6 is 11.3 Å². The number of rotatable bonds is 5. The molecule has 92 valence electrons. The van der Waals surface area contributed by atoms with Crippen molar-refractivity contribution in [1.82, 2.24) is 10.3 Å². The Bertz CT molecular complexity index is 324. The lowest BCUT2D eigenvalue weighted by molar-refractivity contribution is -0.119. The number of nitrogens with one attached hydrogen (secondary N) is 1. The smallest absolute Gasteiger partial charge is 0.339 e. The predicted molar refractivity (Wildman–Crippen MR) is 58.8 cm³/mol. The van der Waals surface area contributed by atoms with Crippen LogP contribution in [0, 0.1) is 0 Å². The van der Waals surface area contributed by atoms with Gasteiger partial charge in [-0.2, -0.15) is 13.2 Å². The molecule has 7 heteroatoms. The van der Waals surface area contributed by atoms with Crippen LogP contribution in [-0.4, -0.2) is 31.3 Å². The highest BCUT2D eigenvalue weighted by molar-refractivity contribution is 7.13. The highest BCUT2D eigenvalue weighted by Gasteiger charge is 2.31. The third-order valence-electron chi connectivity index (χ3n) is 1.92. The quantitative estimate of drug-likeness (QED) is 0.872. The van der Waals surface area contributed by atoms with Crippen LogP contribution in [0.15, 0.2) is 5.38 Å². The van der Waals surface area contributed by atoms with Crippen LogP contribution in [0.3, 0.4) is 0 Å². The second-order valence-corrected chi connectivity index (χ2v) is 4.12. The normalized spacial score (nSPS) is 11.8. The Labute approximate surface area is 96.3 Å². The number of thiazole rings is 1. The number of nitrogens with zero attached hydrogens (tertiary/aromatic N) is 2. The van der Waals surface area contributed by atoms with E-state index >= 15 is 0 Å². The summed E-state index contributed by atoms with van der Waals surface area (Å²) < 4.78 is 36.8. The van der Waals surface area contributed by atoms with E-state index in [0.29, 0.717) is 18.2 Å². The molecule has 0 radical (unpaired) electrons. The highest BCUT2D eigenvalue weighted by atomic mass is 32.1. The van der Waals surface area contributed by atoms with Crippen molar-refractivity contribution >= 4 is 16.5 Å². The molecule has 1 N–H and O–H groups in total. The zero-order valence-electron chi connectivity index (χ0n) is 9.14. The number of hydrogen-bond acceptors (Lipinski definition) is 4. The third-order valence-corrected chi connectivity index (χ3v) is 2.87. The zero-order chi connectivity index (χ0) is 12.2. The molecule has 1 rings (SSSR count). The highest BCUT2D eigenvalue weighted by Crippen LogP contribution is 2.24. The minimum Gasteiger partial charge on any atom is -0.339 e. The molecular formula is C9H14F3N3S. The third kappa shape index (κ3) is 3.97. The minimum absolute atomic E-state index is 0.298. The monoisotopic (exact) mass is 253 g/mol. The van der Waals surface area contributed by atoms with Crippen LogP contribution < -0.4 is 10.2 Å². The van der Waals surface area contributed by atoms with Gasteiger partial charge >= 0.3 is 6.18 Å². The fourth-order valence-electron chi connectivity index (χ4n) is 1.23. The summed E-state index contributed by atoms with van der Waals surface area (Å²) in [4.78, 5) is 5.36. The number of aromatic nitrogens is 1. The Kier molecular flexibility index (Phi) is 4.55. The maximum Gasteiger partial charge on any atom is 0.406 e. The van der Waals surface area contributed by atoms with Crippen molar-refractivity contribution in [2.75, 3.05) is 25.0 Å². The van der Waals surface area contributed by atoms with Gasteiger partial charge in [0.05, 0.1) is 5.69 Å². The maximum absolute atomic E-state index is 12.3. The van der Waals surface area contributed by atoms with Crippen molar-refractivity contribution in [2.45, 2.75) is 19.6 Å². The molecule has 0 fully saturated rings. The largest absolute Gasteiger partial charge is 0.406 e. The number of halogens is 3. The van der Waals surface area contributed by atoms with Gasteiger partial charge < -0.3 is 10.2 Å². The van der Waals surface area contributed by atoms with Crippen molar-refractivity contribution in [3.63, 3.8) is 0 Å². The van der Waals surface area contributed by atoms with Crippen molar-refractivity contribution in [2.24, 2.45) is 0 Å². The molecule has 0 saturated carbocycles. The topological polar surface area (TPSA) is 28.2 Å². The minimum atomic E-state index is -4.19. The van der Waals surface area contributed by atoms with E-state index in [0.717, 1.165) is 5.69 Å². The molecule has 0 bridgehead atoms. The summed E-state index contributed by atoms with van der Waals surface area (Å²) in [7, 11) is 1.77. The second kappa shape index (κ2) is 5.49. The van der Waals surface area contributed by atoms with Gasteiger partial charge in [-0.25, -0.2) is 4.98 Å². The van der Waals surface area contributed by atoms with Crippen molar-refractivity contribution in [1.29, 1.82) is 0 Å². The van der Waals surface area contributed by atoms with Gasteiger partial charge in [-0.3, -0.25) is 0 Å². The fourth-order valence-corrected chi connectivity index (χ4v) is 2.13. The predicted octanol–water partition coefficient (Wildman–Crippen LogP) is 2.25. The Morgan fingerprint density at radius 1 is 1.50 bits per heavy atom. The molecule has 0 unspecified atom stereocenters. The van der Waals surface area contributed by atoms with Gasteiger partial charge in [-0.15, -0.1) is 11.3 Å². The summed E-state index contributed by atoms with van der Waals surface area (Å²) >= 11 is 1.24. The van der Waals surface area contributed by atoms with Gasteiger partial charge in [0, 0.05) is 18.5 Å². The average molecular weight is 253 g/mol. The Morgan fingerprint density at radius 2 is 2.19 bits per heavy atom. The van der Waals surface area contributed by atoms with E-state index in [-0.39, 0.29) is 0 Å². The number of alkyl halides is 3. The fraction of sp³-hybridized carbons (Fsp3) is 0.667. The summed E-state index contributed by atoms with van der Waals surface area (Å²) in [6, 6.07) is 0. The van der Waals surface area contributed by atoms with Gasteiger partial charge in [0.2, 0.25) is 0 Å². The van der Waals surface area contributed by atoms with Crippen molar-refractivity contribution < 1.29 is 13.2 Å². The lowest BCUT2D eigenvalue weighted by Crippen LogP contribution is -2.34. The zero-order valence-corrected chi connectivity index (χ0v) is 9.95. The van der Waals surface area contributed by atoms with Gasteiger partial charge in [0.1, 0.15) is 6.54 Å². The summed E-state index contributed by atoms with van der Waals surface area (Å²) in [6.45, 7) is 1.60. The maximum atomic E-state index is 12.3. The molecule has 0 saturated heterocycles. The van der Waals surface area contributed by atoms with Crippen LogP contribution in [0.4, 0.5) is 18.3 Å².